The molecular weight excluding hydrogens is 279 g/mol. The average Bonchev–Trinajstić information content (AvgIpc) is 2.46. The van der Waals surface area contributed by atoms with E-state index in [1.165, 1.54) is 32.2 Å². The van der Waals surface area contributed by atoms with Crippen LogP contribution in [0.15, 0.2) is 18.2 Å². The number of nitrogen functional groups attached to an aromatic ring is 1. The summed E-state index contributed by atoms with van der Waals surface area (Å²) in [7, 11) is 1.52. The van der Waals surface area contributed by atoms with Crippen molar-refractivity contribution >= 4 is 17.5 Å². The summed E-state index contributed by atoms with van der Waals surface area (Å²) in [5.41, 5.74) is 2.04. The minimum Gasteiger partial charge on any atom is -0.383 e. The van der Waals surface area contributed by atoms with E-state index in [0.717, 1.165) is 0 Å². The Morgan fingerprint density at radius 1 is 1.43 bits per heavy atom. The summed E-state index contributed by atoms with van der Waals surface area (Å²) in [5.74, 6) is 3.58. The number of hydrogen-bond donors (Lipinski definition) is 4. The molecule has 7 nitrogen and oxygen atoms in total. The third-order valence-electron chi connectivity index (χ3n) is 2.75. The normalized spacial score (nSPS) is 11.6. The molecule has 1 aromatic carbocycles. The third-order valence-corrected chi connectivity index (χ3v) is 2.75. The summed E-state index contributed by atoms with van der Waals surface area (Å²) in [5, 5.41) is 5.06. The highest BCUT2D eigenvalue weighted by Crippen LogP contribution is 2.18. The van der Waals surface area contributed by atoms with Crippen LogP contribution in [-0.2, 0) is 9.53 Å². The van der Waals surface area contributed by atoms with Crippen molar-refractivity contribution in [2.45, 2.75) is 13.0 Å². The van der Waals surface area contributed by atoms with Crippen LogP contribution < -0.4 is 21.9 Å². The van der Waals surface area contributed by atoms with E-state index in [1.54, 1.807) is 0 Å². The zero-order valence-corrected chi connectivity index (χ0v) is 11.9. The molecule has 1 unspecified atom stereocenters. The molecule has 0 spiro atoms. The first-order chi connectivity index (χ1) is 10.0. The summed E-state index contributed by atoms with van der Waals surface area (Å²) in [6.07, 6.45) is 0. The highest BCUT2D eigenvalue weighted by atomic mass is 19.1. The van der Waals surface area contributed by atoms with Crippen LogP contribution in [0.1, 0.15) is 17.3 Å². The number of hydrogen-bond acceptors (Lipinski definition) is 5. The molecule has 0 heterocycles. The molecule has 2 amide bonds. The molecule has 0 aliphatic heterocycles. The van der Waals surface area contributed by atoms with E-state index in [0.29, 0.717) is 13.2 Å². The van der Waals surface area contributed by atoms with Gasteiger partial charge in [0.2, 0.25) is 5.91 Å². The van der Waals surface area contributed by atoms with Gasteiger partial charge in [-0.3, -0.25) is 15.4 Å². The maximum atomic E-state index is 13.5. The molecule has 0 saturated heterocycles. The predicted octanol–water partition coefficient (Wildman–Crippen LogP) is -0.00780. The number of amides is 2. The predicted molar refractivity (Wildman–Crippen MR) is 76.0 cm³/mol. The molecule has 0 aromatic heterocycles. The molecule has 0 fully saturated rings. The van der Waals surface area contributed by atoms with Crippen LogP contribution in [0.25, 0.3) is 0 Å². The number of methoxy groups -OCH3 is 1. The topological polar surface area (TPSA) is 105 Å². The number of hydrazine groups is 1. The lowest BCUT2D eigenvalue weighted by Crippen LogP contribution is -2.45. The van der Waals surface area contributed by atoms with Gasteiger partial charge in [-0.05, 0) is 19.1 Å². The summed E-state index contributed by atoms with van der Waals surface area (Å²) in [6.45, 7) is 2.23. The van der Waals surface area contributed by atoms with E-state index >= 15 is 0 Å². The zero-order chi connectivity index (χ0) is 15.8. The van der Waals surface area contributed by atoms with Gasteiger partial charge < -0.3 is 20.8 Å². The number of para-hydroxylation sites is 1. The molecule has 1 atom stereocenters. The van der Waals surface area contributed by atoms with Gasteiger partial charge in [0.05, 0.1) is 17.9 Å². The van der Waals surface area contributed by atoms with Crippen molar-refractivity contribution in [2.24, 2.45) is 5.84 Å². The maximum absolute atomic E-state index is 13.5. The van der Waals surface area contributed by atoms with Crippen LogP contribution >= 0.6 is 0 Å². The van der Waals surface area contributed by atoms with Crippen molar-refractivity contribution in [3.8, 4) is 0 Å². The van der Waals surface area contributed by atoms with Crippen LogP contribution in [-0.4, -0.2) is 38.1 Å². The van der Waals surface area contributed by atoms with Gasteiger partial charge in [0.1, 0.15) is 11.9 Å². The minimum atomic E-state index is -0.775. The molecule has 0 aliphatic rings. The molecule has 1 aromatic rings. The highest BCUT2D eigenvalue weighted by Gasteiger charge is 2.19. The summed E-state index contributed by atoms with van der Waals surface area (Å²) in [4.78, 5) is 23.8. The molecule has 0 saturated carbocycles. The van der Waals surface area contributed by atoms with Crippen molar-refractivity contribution in [2.75, 3.05) is 25.7 Å². The Balaban J connectivity index is 2.68. The molecule has 0 bridgehead atoms. The number of rotatable bonds is 7. The van der Waals surface area contributed by atoms with Crippen LogP contribution in [0.3, 0.4) is 0 Å². The Kier molecular flexibility index (Phi) is 6.57. The SMILES string of the molecule is COCCNC(=O)C(C)NC(=O)c1cccc(F)c1NN. The number of halogens is 1. The van der Waals surface area contributed by atoms with Crippen LogP contribution in [0, 0.1) is 5.82 Å². The van der Waals surface area contributed by atoms with Crippen molar-refractivity contribution in [1.82, 2.24) is 10.6 Å². The van der Waals surface area contributed by atoms with E-state index < -0.39 is 17.8 Å². The van der Waals surface area contributed by atoms with Gasteiger partial charge in [-0.25, -0.2) is 4.39 Å². The zero-order valence-electron chi connectivity index (χ0n) is 11.9. The molecule has 1 rings (SSSR count). The smallest absolute Gasteiger partial charge is 0.254 e. The fourth-order valence-electron chi connectivity index (χ4n) is 1.63. The number of nitrogens with one attached hydrogen (secondary N) is 3. The van der Waals surface area contributed by atoms with E-state index in [4.69, 9.17) is 10.6 Å². The second-order valence-electron chi connectivity index (χ2n) is 4.29. The first-order valence-corrected chi connectivity index (χ1v) is 6.34. The Morgan fingerprint density at radius 3 is 2.76 bits per heavy atom. The quantitative estimate of drug-likeness (QED) is 0.322. The first kappa shape index (κ1) is 16.9. The van der Waals surface area contributed by atoms with E-state index in [-0.39, 0.29) is 17.2 Å². The van der Waals surface area contributed by atoms with Gasteiger partial charge in [0, 0.05) is 13.7 Å². The van der Waals surface area contributed by atoms with E-state index in [2.05, 4.69) is 16.1 Å². The Hall–Kier alpha value is -2.19. The summed E-state index contributed by atoms with van der Waals surface area (Å²) >= 11 is 0. The fraction of sp³-hybridized carbons (Fsp3) is 0.385. The van der Waals surface area contributed by atoms with E-state index in [9.17, 15) is 14.0 Å². The van der Waals surface area contributed by atoms with Gasteiger partial charge in [-0.15, -0.1) is 0 Å². The number of carbonyl (C=O) groups excluding carboxylic acids is 2. The van der Waals surface area contributed by atoms with E-state index in [1.807, 2.05) is 0 Å². The first-order valence-electron chi connectivity index (χ1n) is 6.34. The molecule has 0 aliphatic carbocycles. The number of anilines is 1. The van der Waals surface area contributed by atoms with Crippen LogP contribution in [0.2, 0.25) is 0 Å². The molecule has 116 valence electrons. The van der Waals surface area contributed by atoms with Gasteiger partial charge in [-0.2, -0.15) is 0 Å². The summed E-state index contributed by atoms with van der Waals surface area (Å²) < 4.78 is 18.3. The second kappa shape index (κ2) is 8.18. The fourth-order valence-corrected chi connectivity index (χ4v) is 1.63. The average molecular weight is 298 g/mol. The van der Waals surface area contributed by atoms with Crippen molar-refractivity contribution in [3.63, 3.8) is 0 Å². The van der Waals surface area contributed by atoms with Gasteiger partial charge in [0.15, 0.2) is 0 Å². The van der Waals surface area contributed by atoms with Gasteiger partial charge >= 0.3 is 0 Å². The highest BCUT2D eigenvalue weighted by molar-refractivity contribution is 6.01. The molecular formula is C13H19FN4O3. The maximum Gasteiger partial charge on any atom is 0.254 e. The van der Waals surface area contributed by atoms with Gasteiger partial charge in [-0.1, -0.05) is 6.07 Å². The minimum absolute atomic E-state index is 0.0223. The number of ether oxygens (including phenoxy) is 1. The van der Waals surface area contributed by atoms with Crippen molar-refractivity contribution in [1.29, 1.82) is 0 Å². The third kappa shape index (κ3) is 4.69. The number of benzene rings is 1. The lowest BCUT2D eigenvalue weighted by Gasteiger charge is -2.15. The second-order valence-corrected chi connectivity index (χ2v) is 4.29. The standard InChI is InChI=1S/C13H19FN4O3/c1-8(12(19)16-6-7-21-2)17-13(20)9-4-3-5-10(14)11(9)18-15/h3-5,8,18H,6-7,15H2,1-2H3,(H,16,19)(H,17,20). The molecule has 5 N–H and O–H groups in total. The molecule has 8 heteroatoms. The molecule has 0 radical (unpaired) electrons. The van der Waals surface area contributed by atoms with Crippen LogP contribution in [0.4, 0.5) is 10.1 Å². The lowest BCUT2D eigenvalue weighted by molar-refractivity contribution is -0.122. The number of carbonyl (C=O) groups is 2. The Morgan fingerprint density at radius 2 is 2.14 bits per heavy atom. The van der Waals surface area contributed by atoms with Crippen molar-refractivity contribution < 1.29 is 18.7 Å². The monoisotopic (exact) mass is 298 g/mol. The molecule has 21 heavy (non-hydrogen) atoms. The Labute approximate surface area is 122 Å². The lowest BCUT2D eigenvalue weighted by atomic mass is 10.1. The summed E-state index contributed by atoms with van der Waals surface area (Å²) in [6, 6.07) is 3.19. The van der Waals surface area contributed by atoms with Gasteiger partial charge in [0.25, 0.3) is 5.91 Å². The van der Waals surface area contributed by atoms with Crippen LogP contribution in [0.5, 0.6) is 0 Å². The largest absolute Gasteiger partial charge is 0.383 e. The Bertz CT molecular complexity index is 510. The van der Waals surface area contributed by atoms with Crippen molar-refractivity contribution in [3.05, 3.63) is 29.6 Å². The number of nitrogens with two attached hydrogens (primary N) is 1.